The summed E-state index contributed by atoms with van der Waals surface area (Å²) in [5.41, 5.74) is 1.44. The van der Waals surface area contributed by atoms with Gasteiger partial charge in [0.05, 0.1) is 30.4 Å². The number of ether oxygens (including phenoxy) is 2. The fourth-order valence-corrected chi connectivity index (χ4v) is 5.28. The van der Waals surface area contributed by atoms with Gasteiger partial charge < -0.3 is 14.6 Å². The summed E-state index contributed by atoms with van der Waals surface area (Å²) in [5, 5.41) is 13.8. The molecule has 9 heteroatoms. The smallest absolute Gasteiger partial charge is 0.300 e. The highest BCUT2D eigenvalue weighted by molar-refractivity contribution is 7.10. The van der Waals surface area contributed by atoms with Gasteiger partial charge in [-0.05, 0) is 60.3 Å². The van der Waals surface area contributed by atoms with Gasteiger partial charge in [0.25, 0.3) is 11.7 Å². The van der Waals surface area contributed by atoms with Crippen LogP contribution in [0, 0.1) is 6.92 Å². The molecule has 1 saturated heterocycles. The largest absolute Gasteiger partial charge is 0.507 e. The molecule has 1 aromatic heterocycles. The molecular formula is C24H19Cl2NO5S. The summed E-state index contributed by atoms with van der Waals surface area (Å²) in [5.74, 6) is -1.22. The number of hydrogen-bond donors (Lipinski definition) is 1. The Morgan fingerprint density at radius 2 is 1.73 bits per heavy atom. The molecule has 0 aliphatic carbocycles. The number of carbonyl (C=O) groups is 2. The number of halogens is 2. The molecule has 2 heterocycles. The second-order valence-corrected chi connectivity index (χ2v) is 9.09. The molecule has 0 spiro atoms. The minimum Gasteiger partial charge on any atom is -0.507 e. The Bertz CT molecular complexity index is 1300. The van der Waals surface area contributed by atoms with Gasteiger partial charge in [0, 0.05) is 15.6 Å². The van der Waals surface area contributed by atoms with Gasteiger partial charge in [-0.1, -0.05) is 23.2 Å². The van der Waals surface area contributed by atoms with Gasteiger partial charge in [-0.3, -0.25) is 14.5 Å². The highest BCUT2D eigenvalue weighted by Gasteiger charge is 2.48. The highest BCUT2D eigenvalue weighted by atomic mass is 35.5. The molecule has 1 unspecified atom stereocenters. The molecule has 0 radical (unpaired) electrons. The predicted octanol–water partition coefficient (Wildman–Crippen LogP) is 6.01. The second kappa shape index (κ2) is 9.09. The quantitative estimate of drug-likeness (QED) is 0.262. The summed E-state index contributed by atoms with van der Waals surface area (Å²) >= 11 is 13.8. The topological polar surface area (TPSA) is 76.1 Å². The molecule has 0 bridgehead atoms. The van der Waals surface area contributed by atoms with E-state index in [4.69, 9.17) is 32.7 Å². The third-order valence-corrected chi connectivity index (χ3v) is 7.03. The van der Waals surface area contributed by atoms with Crippen LogP contribution in [0.4, 0.5) is 5.69 Å². The van der Waals surface area contributed by atoms with Crippen LogP contribution in [0.3, 0.4) is 0 Å². The number of rotatable bonds is 5. The third-order valence-electron chi connectivity index (χ3n) is 5.42. The zero-order valence-corrected chi connectivity index (χ0v) is 20.2. The summed E-state index contributed by atoms with van der Waals surface area (Å²) in [6.45, 7) is 1.88. The van der Waals surface area contributed by atoms with Gasteiger partial charge in [-0.2, -0.15) is 0 Å². The van der Waals surface area contributed by atoms with Crippen molar-refractivity contribution in [2.24, 2.45) is 0 Å². The molecule has 1 fully saturated rings. The summed E-state index contributed by atoms with van der Waals surface area (Å²) in [6, 6.07) is 10.5. The maximum absolute atomic E-state index is 13.3. The third kappa shape index (κ3) is 3.97. The lowest BCUT2D eigenvalue weighted by Crippen LogP contribution is -2.29. The molecule has 1 atom stereocenters. The number of Topliss-reactive ketones (excluding diaryl/α,β-unsaturated/α-hetero) is 1. The number of benzene rings is 2. The van der Waals surface area contributed by atoms with E-state index in [9.17, 15) is 14.7 Å². The standard InChI is InChI=1S/C24H19Cl2NO5S/c1-12-8-9-33-23(12)20-19(21(28)15-10-13(25)4-6-17(15)31-2)22(29)24(30)27(20)14-5-7-18(32-3)16(26)11-14/h4-11,20,28H,1-3H3/b21-19-. The summed E-state index contributed by atoms with van der Waals surface area (Å²) in [4.78, 5) is 28.6. The van der Waals surface area contributed by atoms with Gasteiger partial charge in [-0.15, -0.1) is 11.3 Å². The molecule has 33 heavy (non-hydrogen) atoms. The highest BCUT2D eigenvalue weighted by Crippen LogP contribution is 2.46. The van der Waals surface area contributed by atoms with Crippen molar-refractivity contribution in [3.63, 3.8) is 0 Å². The zero-order chi connectivity index (χ0) is 23.9. The number of nitrogens with zero attached hydrogens (tertiary/aromatic N) is 1. The van der Waals surface area contributed by atoms with E-state index in [-0.39, 0.29) is 21.9 Å². The molecule has 1 aliphatic rings. The number of methoxy groups -OCH3 is 2. The van der Waals surface area contributed by atoms with Crippen molar-refractivity contribution < 1.29 is 24.2 Å². The van der Waals surface area contributed by atoms with Gasteiger partial charge in [-0.25, -0.2) is 0 Å². The van der Waals surface area contributed by atoms with E-state index in [1.165, 1.54) is 36.5 Å². The molecule has 4 rings (SSSR count). The normalized spacial score (nSPS) is 17.5. The lowest BCUT2D eigenvalue weighted by molar-refractivity contribution is -0.132. The van der Waals surface area contributed by atoms with E-state index in [0.717, 1.165) is 10.4 Å². The van der Waals surface area contributed by atoms with Crippen LogP contribution in [-0.2, 0) is 9.59 Å². The predicted molar refractivity (Wildman–Crippen MR) is 130 cm³/mol. The Hall–Kier alpha value is -3.00. The van der Waals surface area contributed by atoms with Crippen molar-refractivity contribution in [3.8, 4) is 11.5 Å². The van der Waals surface area contributed by atoms with Gasteiger partial charge >= 0.3 is 0 Å². The number of aryl methyl sites for hydroxylation is 1. The van der Waals surface area contributed by atoms with Crippen LogP contribution in [0.15, 0.2) is 53.4 Å². The monoisotopic (exact) mass is 503 g/mol. The minimum absolute atomic E-state index is 0.0574. The van der Waals surface area contributed by atoms with Crippen molar-refractivity contribution >= 4 is 57.7 Å². The first kappa shape index (κ1) is 23.2. The van der Waals surface area contributed by atoms with Crippen molar-refractivity contribution in [2.45, 2.75) is 13.0 Å². The second-order valence-electron chi connectivity index (χ2n) is 7.30. The minimum atomic E-state index is -0.863. The molecule has 1 aliphatic heterocycles. The Kier molecular flexibility index (Phi) is 6.38. The van der Waals surface area contributed by atoms with Crippen molar-refractivity contribution in [2.75, 3.05) is 19.1 Å². The molecule has 2 aromatic carbocycles. The van der Waals surface area contributed by atoms with E-state index in [1.54, 1.807) is 30.3 Å². The maximum Gasteiger partial charge on any atom is 0.300 e. The van der Waals surface area contributed by atoms with Crippen LogP contribution >= 0.6 is 34.5 Å². The van der Waals surface area contributed by atoms with E-state index in [0.29, 0.717) is 22.2 Å². The first-order valence-corrected chi connectivity index (χ1v) is 11.4. The Morgan fingerprint density at radius 3 is 2.33 bits per heavy atom. The molecule has 170 valence electrons. The SMILES string of the molecule is COc1ccc(N2C(=O)C(=O)/C(=C(\O)c3cc(Cl)ccc3OC)C2c2sccc2C)cc1Cl. The van der Waals surface area contributed by atoms with Crippen LogP contribution in [0.1, 0.15) is 22.0 Å². The number of ketones is 1. The fourth-order valence-electron chi connectivity index (χ4n) is 3.83. The van der Waals surface area contributed by atoms with Crippen LogP contribution in [0.25, 0.3) is 5.76 Å². The summed E-state index contributed by atoms with van der Waals surface area (Å²) in [6.07, 6.45) is 0. The summed E-state index contributed by atoms with van der Waals surface area (Å²) in [7, 11) is 2.93. The van der Waals surface area contributed by atoms with Crippen LogP contribution < -0.4 is 14.4 Å². The molecule has 0 saturated carbocycles. The van der Waals surface area contributed by atoms with Crippen LogP contribution in [-0.4, -0.2) is 31.0 Å². The molecule has 1 N–H and O–H groups in total. The Labute approximate surface area is 204 Å². The number of aliphatic hydroxyl groups excluding tert-OH is 1. The fraction of sp³-hybridized carbons (Fsp3) is 0.167. The van der Waals surface area contributed by atoms with E-state index in [1.807, 2.05) is 18.4 Å². The van der Waals surface area contributed by atoms with Crippen LogP contribution in [0.5, 0.6) is 11.5 Å². The van der Waals surface area contributed by atoms with E-state index < -0.39 is 17.7 Å². The number of anilines is 1. The van der Waals surface area contributed by atoms with E-state index >= 15 is 0 Å². The first-order chi connectivity index (χ1) is 15.8. The van der Waals surface area contributed by atoms with Crippen molar-refractivity contribution in [1.82, 2.24) is 0 Å². The molecule has 1 amide bonds. The molecule has 6 nitrogen and oxygen atoms in total. The molecular weight excluding hydrogens is 485 g/mol. The Morgan fingerprint density at radius 1 is 1.03 bits per heavy atom. The van der Waals surface area contributed by atoms with Crippen molar-refractivity contribution in [1.29, 1.82) is 0 Å². The average molecular weight is 504 g/mol. The van der Waals surface area contributed by atoms with Crippen LogP contribution in [0.2, 0.25) is 10.0 Å². The Balaban J connectivity index is 1.98. The van der Waals surface area contributed by atoms with Crippen molar-refractivity contribution in [3.05, 3.63) is 79.5 Å². The van der Waals surface area contributed by atoms with E-state index in [2.05, 4.69) is 0 Å². The lowest BCUT2D eigenvalue weighted by atomic mass is 9.97. The first-order valence-electron chi connectivity index (χ1n) is 9.81. The summed E-state index contributed by atoms with van der Waals surface area (Å²) < 4.78 is 10.6. The number of amides is 1. The number of thiophene rings is 1. The number of carbonyl (C=O) groups excluding carboxylic acids is 2. The lowest BCUT2D eigenvalue weighted by Gasteiger charge is -2.25. The van der Waals surface area contributed by atoms with Gasteiger partial charge in [0.15, 0.2) is 0 Å². The maximum atomic E-state index is 13.3. The van der Waals surface area contributed by atoms with Gasteiger partial charge in [0.2, 0.25) is 0 Å². The number of aliphatic hydroxyl groups is 1. The molecule has 3 aromatic rings. The number of hydrogen-bond acceptors (Lipinski definition) is 6. The zero-order valence-electron chi connectivity index (χ0n) is 17.9. The van der Waals surface area contributed by atoms with Gasteiger partial charge in [0.1, 0.15) is 23.3 Å². The average Bonchev–Trinajstić information content (AvgIpc) is 3.33.